The van der Waals surface area contributed by atoms with Gasteiger partial charge in [0.15, 0.2) is 0 Å². The molecule has 2 aromatic carbocycles. The van der Waals surface area contributed by atoms with Crippen LogP contribution in [0.5, 0.6) is 0 Å². The second-order valence-electron chi connectivity index (χ2n) is 8.59. The number of carboxylic acid groups (broad SMARTS) is 1. The highest BCUT2D eigenvalue weighted by atomic mass is 16.5. The Bertz CT molecular complexity index is 967. The van der Waals surface area contributed by atoms with Gasteiger partial charge in [-0.1, -0.05) is 48.5 Å². The van der Waals surface area contributed by atoms with Crippen molar-refractivity contribution in [1.29, 1.82) is 0 Å². The molecule has 3 N–H and O–H groups in total. The summed E-state index contributed by atoms with van der Waals surface area (Å²) >= 11 is 0. The van der Waals surface area contributed by atoms with Gasteiger partial charge in [-0.25, -0.2) is 4.79 Å². The summed E-state index contributed by atoms with van der Waals surface area (Å²) in [7, 11) is 0. The summed E-state index contributed by atoms with van der Waals surface area (Å²) < 4.78 is 5.50. The zero-order chi connectivity index (χ0) is 22.7. The van der Waals surface area contributed by atoms with Gasteiger partial charge in [-0.05, 0) is 54.9 Å². The zero-order valence-electron chi connectivity index (χ0n) is 18.0. The molecule has 0 saturated heterocycles. The molecule has 2 amide bonds. The number of fused-ring (bicyclic) bond motifs is 3. The topological polar surface area (TPSA) is 105 Å². The van der Waals surface area contributed by atoms with Crippen LogP contribution in [0.1, 0.15) is 49.7 Å². The highest BCUT2D eigenvalue weighted by molar-refractivity contribution is 5.85. The van der Waals surface area contributed by atoms with E-state index in [9.17, 15) is 14.4 Å². The van der Waals surface area contributed by atoms with Gasteiger partial charge in [0.05, 0.1) is 5.92 Å². The minimum absolute atomic E-state index is 0.0401. The Morgan fingerprint density at radius 1 is 0.969 bits per heavy atom. The monoisotopic (exact) mass is 436 g/mol. The molecule has 7 nitrogen and oxygen atoms in total. The number of hydrogen-bond acceptors (Lipinski definition) is 4. The van der Waals surface area contributed by atoms with Crippen molar-refractivity contribution in [2.24, 2.45) is 5.92 Å². The highest BCUT2D eigenvalue weighted by Gasteiger charge is 2.30. The molecule has 0 radical (unpaired) electrons. The van der Waals surface area contributed by atoms with Gasteiger partial charge in [-0.3, -0.25) is 9.59 Å². The molecule has 32 heavy (non-hydrogen) atoms. The fourth-order valence-corrected chi connectivity index (χ4v) is 4.69. The lowest BCUT2D eigenvalue weighted by Gasteiger charge is -2.28. The van der Waals surface area contributed by atoms with Crippen molar-refractivity contribution >= 4 is 18.0 Å². The molecule has 1 fully saturated rings. The molecule has 4 rings (SSSR count). The van der Waals surface area contributed by atoms with E-state index in [2.05, 4.69) is 34.9 Å². The molecular formula is C25H28N2O5. The Morgan fingerprint density at radius 2 is 1.53 bits per heavy atom. The number of aliphatic carboxylic acids is 1. The Balaban J connectivity index is 1.28. The van der Waals surface area contributed by atoms with Gasteiger partial charge in [0.2, 0.25) is 5.91 Å². The molecule has 1 atom stereocenters. The number of carbonyl (C=O) groups excluding carboxylic acids is 2. The second kappa shape index (κ2) is 9.42. The van der Waals surface area contributed by atoms with E-state index in [-0.39, 0.29) is 30.4 Å². The number of benzene rings is 2. The summed E-state index contributed by atoms with van der Waals surface area (Å²) in [5.41, 5.74) is 4.57. The molecule has 2 aliphatic carbocycles. The van der Waals surface area contributed by atoms with Gasteiger partial charge < -0.3 is 20.5 Å². The number of hydrogen-bond donors (Lipinski definition) is 3. The number of carboxylic acids is 1. The Morgan fingerprint density at radius 3 is 2.09 bits per heavy atom. The summed E-state index contributed by atoms with van der Waals surface area (Å²) in [6.07, 6.45) is 1.72. The van der Waals surface area contributed by atoms with Gasteiger partial charge in [-0.2, -0.15) is 0 Å². The molecule has 0 spiro atoms. The van der Waals surface area contributed by atoms with Crippen molar-refractivity contribution in [3.63, 3.8) is 0 Å². The highest BCUT2D eigenvalue weighted by Crippen LogP contribution is 2.44. The van der Waals surface area contributed by atoms with Crippen LogP contribution in [0.2, 0.25) is 0 Å². The summed E-state index contributed by atoms with van der Waals surface area (Å²) in [5, 5.41) is 14.6. The molecule has 0 aromatic heterocycles. The van der Waals surface area contributed by atoms with Crippen LogP contribution in [0.4, 0.5) is 4.79 Å². The number of alkyl carbamates (subject to hydrolysis) is 1. The summed E-state index contributed by atoms with van der Waals surface area (Å²) in [5.74, 6) is -1.45. The molecule has 0 bridgehead atoms. The van der Waals surface area contributed by atoms with Gasteiger partial charge in [0.25, 0.3) is 0 Å². The first-order valence-electron chi connectivity index (χ1n) is 11.1. The normalized spacial score (nSPS) is 20.5. The summed E-state index contributed by atoms with van der Waals surface area (Å²) in [6, 6.07) is 15.4. The number of ether oxygens (including phenoxy) is 1. The average Bonchev–Trinajstić information content (AvgIpc) is 3.12. The Hall–Kier alpha value is -3.35. The number of nitrogens with one attached hydrogen (secondary N) is 2. The van der Waals surface area contributed by atoms with E-state index in [4.69, 9.17) is 9.84 Å². The molecular weight excluding hydrogens is 408 g/mol. The molecule has 1 saturated carbocycles. The third kappa shape index (κ3) is 4.61. The first kappa shape index (κ1) is 21.9. The first-order chi connectivity index (χ1) is 15.4. The van der Waals surface area contributed by atoms with Gasteiger partial charge in [-0.15, -0.1) is 0 Å². The van der Waals surface area contributed by atoms with Crippen LogP contribution in [-0.2, 0) is 14.3 Å². The van der Waals surface area contributed by atoms with Gasteiger partial charge in [0, 0.05) is 12.0 Å². The van der Waals surface area contributed by atoms with Crippen molar-refractivity contribution < 1.29 is 24.2 Å². The first-order valence-corrected chi connectivity index (χ1v) is 11.1. The maximum Gasteiger partial charge on any atom is 0.407 e. The van der Waals surface area contributed by atoms with Crippen LogP contribution in [0.3, 0.4) is 0 Å². The van der Waals surface area contributed by atoms with E-state index >= 15 is 0 Å². The lowest BCUT2D eigenvalue weighted by molar-refractivity contribution is -0.142. The largest absolute Gasteiger partial charge is 0.481 e. The standard InChI is InChI=1S/C25H28N2O5/c1-15(23(28)27-17-12-10-16(11-13-17)24(29)30)26-25(31)32-14-22-20-8-4-2-6-18(20)19-7-3-5-9-21(19)22/h2-9,15-17,22H,10-14H2,1H3,(H,26,31)(H,27,28)(H,29,30). The molecule has 0 aliphatic heterocycles. The zero-order valence-corrected chi connectivity index (χ0v) is 18.0. The van der Waals surface area contributed by atoms with Crippen LogP contribution in [0, 0.1) is 5.92 Å². The van der Waals surface area contributed by atoms with Crippen LogP contribution in [0.25, 0.3) is 11.1 Å². The van der Waals surface area contributed by atoms with E-state index in [1.54, 1.807) is 6.92 Å². The maximum atomic E-state index is 12.5. The second-order valence-corrected chi connectivity index (χ2v) is 8.59. The molecule has 7 heteroatoms. The number of rotatable bonds is 6. The molecule has 2 aromatic rings. The van der Waals surface area contributed by atoms with Crippen molar-refractivity contribution in [3.8, 4) is 11.1 Å². The van der Waals surface area contributed by atoms with Gasteiger partial charge in [0.1, 0.15) is 12.6 Å². The fourth-order valence-electron chi connectivity index (χ4n) is 4.69. The van der Waals surface area contributed by atoms with Crippen molar-refractivity contribution in [2.75, 3.05) is 6.61 Å². The molecule has 0 heterocycles. The third-order valence-corrected chi connectivity index (χ3v) is 6.49. The van der Waals surface area contributed by atoms with Crippen LogP contribution in [-0.4, -0.2) is 41.8 Å². The number of carbonyl (C=O) groups is 3. The SMILES string of the molecule is CC(NC(=O)OCC1c2ccccc2-c2ccccc21)C(=O)NC1CCC(C(=O)O)CC1. The minimum Gasteiger partial charge on any atom is -0.481 e. The van der Waals surface area contributed by atoms with Crippen molar-refractivity contribution in [2.45, 2.75) is 50.6 Å². The van der Waals surface area contributed by atoms with Crippen molar-refractivity contribution in [1.82, 2.24) is 10.6 Å². The van der Waals surface area contributed by atoms with Gasteiger partial charge >= 0.3 is 12.1 Å². The van der Waals surface area contributed by atoms with Crippen LogP contribution >= 0.6 is 0 Å². The summed E-state index contributed by atoms with van der Waals surface area (Å²) in [6.45, 7) is 1.80. The smallest absolute Gasteiger partial charge is 0.407 e. The quantitative estimate of drug-likeness (QED) is 0.641. The van der Waals surface area contributed by atoms with E-state index < -0.39 is 18.1 Å². The van der Waals surface area contributed by atoms with E-state index in [1.165, 1.54) is 0 Å². The maximum absolute atomic E-state index is 12.5. The Kier molecular flexibility index (Phi) is 6.44. The molecule has 1 unspecified atom stereocenters. The summed E-state index contributed by atoms with van der Waals surface area (Å²) in [4.78, 5) is 35.9. The van der Waals surface area contributed by atoms with E-state index in [0.29, 0.717) is 25.7 Å². The lowest BCUT2D eigenvalue weighted by atomic mass is 9.86. The minimum atomic E-state index is -0.778. The lowest BCUT2D eigenvalue weighted by Crippen LogP contribution is -2.49. The van der Waals surface area contributed by atoms with Crippen LogP contribution in [0.15, 0.2) is 48.5 Å². The molecule has 2 aliphatic rings. The fraction of sp³-hybridized carbons (Fsp3) is 0.400. The predicted octanol–water partition coefficient (Wildman–Crippen LogP) is 3.67. The number of amides is 2. The van der Waals surface area contributed by atoms with E-state index in [1.807, 2.05) is 24.3 Å². The van der Waals surface area contributed by atoms with Crippen molar-refractivity contribution in [3.05, 3.63) is 59.7 Å². The molecule has 168 valence electrons. The third-order valence-electron chi connectivity index (χ3n) is 6.49. The Labute approximate surface area is 187 Å². The average molecular weight is 437 g/mol. The van der Waals surface area contributed by atoms with Crippen LogP contribution < -0.4 is 10.6 Å². The predicted molar refractivity (Wildman–Crippen MR) is 119 cm³/mol. The van der Waals surface area contributed by atoms with E-state index in [0.717, 1.165) is 22.3 Å².